The first-order chi connectivity index (χ1) is 14.9. The van der Waals surface area contributed by atoms with Crippen molar-refractivity contribution in [3.63, 3.8) is 0 Å². The number of nitrogens with zero attached hydrogens (tertiary/aromatic N) is 3. The predicted octanol–water partition coefficient (Wildman–Crippen LogP) is 4.46. The van der Waals surface area contributed by atoms with E-state index in [1.165, 1.54) is 7.11 Å². The number of hydrogen-bond donors (Lipinski definition) is 0. The van der Waals surface area contributed by atoms with Gasteiger partial charge in [-0.25, -0.2) is 0 Å². The third kappa shape index (κ3) is 5.26. The van der Waals surface area contributed by atoms with Crippen molar-refractivity contribution in [1.82, 2.24) is 9.36 Å². The van der Waals surface area contributed by atoms with E-state index in [-0.39, 0.29) is 22.8 Å². The number of hydrogen-bond acceptors (Lipinski definition) is 3. The van der Waals surface area contributed by atoms with Crippen molar-refractivity contribution in [2.75, 3.05) is 13.7 Å². The lowest BCUT2D eigenvalue weighted by molar-refractivity contribution is -0.137. The van der Waals surface area contributed by atoms with Gasteiger partial charge in [0.1, 0.15) is 5.75 Å². The van der Waals surface area contributed by atoms with Crippen LogP contribution in [0.25, 0.3) is 0 Å². The smallest absolute Gasteiger partial charge is 0.416 e. The number of carbonyl (C=O) groups excluding carboxylic acids is 1. The SMILES string of the molecule is COc1ccc(C(F)(F)F)cc1C(=O)/N=c1\cc(C(C)(C)C)n(C)n1CC1CCCCO1. The molecule has 176 valence electrons. The topological polar surface area (TPSA) is 57.8 Å². The van der Waals surface area contributed by atoms with Crippen LogP contribution in [0.1, 0.15) is 61.6 Å². The Balaban J connectivity index is 2.09. The zero-order valence-electron chi connectivity index (χ0n) is 19.1. The molecule has 0 radical (unpaired) electrons. The lowest BCUT2D eigenvalue weighted by atomic mass is 9.92. The molecule has 1 saturated heterocycles. The molecule has 1 aromatic carbocycles. The quantitative estimate of drug-likeness (QED) is 0.687. The Morgan fingerprint density at radius 3 is 2.50 bits per heavy atom. The molecule has 1 fully saturated rings. The highest BCUT2D eigenvalue weighted by Gasteiger charge is 2.32. The van der Waals surface area contributed by atoms with E-state index >= 15 is 0 Å². The fraction of sp³-hybridized carbons (Fsp3) is 0.565. The Hall–Kier alpha value is -2.55. The summed E-state index contributed by atoms with van der Waals surface area (Å²) in [5.74, 6) is -0.752. The standard InChI is InChI=1S/C23H30F3N3O3/c1-22(2,3)19-13-20(29(28(19)4)14-16-8-6-7-11-32-16)27-21(30)17-12-15(23(24,25)26)9-10-18(17)31-5/h9-10,12-13,16H,6-8,11,14H2,1-5H3/b27-20+. The van der Waals surface area contributed by atoms with Crippen molar-refractivity contribution in [2.24, 2.45) is 12.0 Å². The van der Waals surface area contributed by atoms with Crippen LogP contribution in [0, 0.1) is 0 Å². The number of carbonyl (C=O) groups is 1. The van der Waals surface area contributed by atoms with Crippen LogP contribution in [0.4, 0.5) is 13.2 Å². The molecule has 3 rings (SSSR count). The minimum atomic E-state index is -4.58. The van der Waals surface area contributed by atoms with Crippen LogP contribution in [0.15, 0.2) is 29.3 Å². The zero-order valence-corrected chi connectivity index (χ0v) is 19.1. The minimum Gasteiger partial charge on any atom is -0.496 e. The Labute approximate surface area is 185 Å². The van der Waals surface area contributed by atoms with Crippen LogP contribution in [0.3, 0.4) is 0 Å². The fourth-order valence-electron chi connectivity index (χ4n) is 3.94. The highest BCUT2D eigenvalue weighted by molar-refractivity contribution is 5.97. The monoisotopic (exact) mass is 453 g/mol. The summed E-state index contributed by atoms with van der Waals surface area (Å²) in [6.45, 7) is 7.33. The summed E-state index contributed by atoms with van der Waals surface area (Å²) in [4.78, 5) is 17.2. The molecule has 1 aromatic heterocycles. The van der Waals surface area contributed by atoms with Gasteiger partial charge in [-0.1, -0.05) is 20.8 Å². The van der Waals surface area contributed by atoms with Gasteiger partial charge in [-0.15, -0.1) is 0 Å². The van der Waals surface area contributed by atoms with Gasteiger partial charge < -0.3 is 9.47 Å². The Bertz CT molecular complexity index is 1040. The first-order valence-electron chi connectivity index (χ1n) is 10.6. The summed E-state index contributed by atoms with van der Waals surface area (Å²) in [7, 11) is 3.19. The third-order valence-corrected chi connectivity index (χ3v) is 5.63. The molecule has 0 aliphatic carbocycles. The first kappa shape index (κ1) is 24.1. The summed E-state index contributed by atoms with van der Waals surface area (Å²) < 4.78 is 54.4. The molecule has 0 saturated carbocycles. The van der Waals surface area contributed by atoms with E-state index in [2.05, 4.69) is 4.99 Å². The van der Waals surface area contributed by atoms with Crippen molar-refractivity contribution >= 4 is 5.91 Å². The second-order valence-electron chi connectivity index (χ2n) is 9.06. The molecule has 1 amide bonds. The number of aromatic nitrogens is 2. The average Bonchev–Trinajstić information content (AvgIpc) is 3.03. The molecular weight excluding hydrogens is 423 g/mol. The maximum absolute atomic E-state index is 13.2. The van der Waals surface area contributed by atoms with E-state index in [1.807, 2.05) is 37.2 Å². The molecule has 0 bridgehead atoms. The summed E-state index contributed by atoms with van der Waals surface area (Å²) in [6.07, 6.45) is -1.60. The maximum Gasteiger partial charge on any atom is 0.416 e. The molecule has 32 heavy (non-hydrogen) atoms. The molecule has 0 spiro atoms. The maximum atomic E-state index is 13.2. The first-order valence-corrected chi connectivity index (χ1v) is 10.6. The molecule has 1 aliphatic heterocycles. The average molecular weight is 454 g/mol. The summed E-state index contributed by atoms with van der Waals surface area (Å²) in [5.41, 5.74) is -0.0751. The van der Waals surface area contributed by atoms with Crippen molar-refractivity contribution < 1.29 is 27.4 Å². The fourth-order valence-corrected chi connectivity index (χ4v) is 3.94. The van der Waals surface area contributed by atoms with Gasteiger partial charge in [-0.05, 0) is 37.5 Å². The Morgan fingerprint density at radius 2 is 1.94 bits per heavy atom. The molecule has 2 heterocycles. The second kappa shape index (κ2) is 9.13. The van der Waals surface area contributed by atoms with Crippen LogP contribution >= 0.6 is 0 Å². The van der Waals surface area contributed by atoms with Gasteiger partial charge in [-0.2, -0.15) is 18.2 Å². The van der Waals surface area contributed by atoms with E-state index in [0.717, 1.165) is 43.2 Å². The Morgan fingerprint density at radius 1 is 1.22 bits per heavy atom. The van der Waals surface area contributed by atoms with Gasteiger partial charge in [0.25, 0.3) is 5.91 Å². The normalized spacial score (nSPS) is 18.1. The van der Waals surface area contributed by atoms with Gasteiger partial charge in [-0.3, -0.25) is 14.2 Å². The molecule has 9 heteroatoms. The van der Waals surface area contributed by atoms with Gasteiger partial charge in [0, 0.05) is 30.8 Å². The number of rotatable bonds is 4. The van der Waals surface area contributed by atoms with Gasteiger partial charge in [0.2, 0.25) is 0 Å². The van der Waals surface area contributed by atoms with Gasteiger partial charge >= 0.3 is 6.18 Å². The predicted molar refractivity (Wildman–Crippen MR) is 114 cm³/mol. The van der Waals surface area contributed by atoms with Crippen molar-refractivity contribution in [2.45, 2.75) is 64.3 Å². The lowest BCUT2D eigenvalue weighted by Gasteiger charge is -2.25. The number of halogens is 3. The molecule has 1 aliphatic rings. The van der Waals surface area contributed by atoms with Gasteiger partial charge in [0.15, 0.2) is 5.49 Å². The molecule has 0 N–H and O–H groups in total. The minimum absolute atomic E-state index is 0.0117. The third-order valence-electron chi connectivity index (χ3n) is 5.63. The number of alkyl halides is 3. The van der Waals surface area contributed by atoms with Gasteiger partial charge in [0.05, 0.1) is 30.9 Å². The van der Waals surface area contributed by atoms with E-state index < -0.39 is 17.6 Å². The van der Waals surface area contributed by atoms with Crippen LogP contribution in [0.5, 0.6) is 5.75 Å². The Kier molecular flexibility index (Phi) is 6.88. The number of amides is 1. The largest absolute Gasteiger partial charge is 0.496 e. The van der Waals surface area contributed by atoms with Crippen LogP contribution in [-0.4, -0.2) is 35.1 Å². The zero-order chi connectivity index (χ0) is 23.7. The number of benzene rings is 1. The van der Waals surface area contributed by atoms with Crippen LogP contribution in [0.2, 0.25) is 0 Å². The number of ether oxygens (including phenoxy) is 2. The summed E-state index contributed by atoms with van der Waals surface area (Å²) >= 11 is 0. The van der Waals surface area contributed by atoms with Crippen LogP contribution in [-0.2, 0) is 29.9 Å². The van der Waals surface area contributed by atoms with Crippen molar-refractivity contribution in [3.05, 3.63) is 46.6 Å². The summed E-state index contributed by atoms with van der Waals surface area (Å²) in [6, 6.07) is 4.62. The summed E-state index contributed by atoms with van der Waals surface area (Å²) in [5, 5.41) is 0. The highest BCUT2D eigenvalue weighted by Crippen LogP contribution is 2.33. The lowest BCUT2D eigenvalue weighted by Crippen LogP contribution is -2.33. The molecular formula is C23H30F3N3O3. The second-order valence-corrected chi connectivity index (χ2v) is 9.06. The van der Waals surface area contributed by atoms with Crippen molar-refractivity contribution in [1.29, 1.82) is 0 Å². The molecule has 2 aromatic rings. The highest BCUT2D eigenvalue weighted by atomic mass is 19.4. The van der Waals surface area contributed by atoms with E-state index in [4.69, 9.17) is 9.47 Å². The molecule has 1 unspecified atom stereocenters. The molecule has 6 nitrogen and oxygen atoms in total. The number of methoxy groups -OCH3 is 1. The molecule has 1 atom stereocenters. The van der Waals surface area contributed by atoms with E-state index in [0.29, 0.717) is 18.6 Å². The van der Waals surface area contributed by atoms with Crippen molar-refractivity contribution in [3.8, 4) is 5.75 Å². The van der Waals surface area contributed by atoms with Crippen LogP contribution < -0.4 is 10.2 Å². The van der Waals surface area contributed by atoms with E-state index in [9.17, 15) is 18.0 Å². The van der Waals surface area contributed by atoms with E-state index in [1.54, 1.807) is 6.07 Å².